The lowest BCUT2D eigenvalue weighted by atomic mass is 9.97. The smallest absolute Gasteiger partial charge is 0.237 e. The van der Waals surface area contributed by atoms with E-state index in [1.165, 1.54) is 11.1 Å². The Morgan fingerprint density at radius 1 is 1.48 bits per heavy atom. The van der Waals surface area contributed by atoms with Gasteiger partial charge in [0.2, 0.25) is 5.91 Å². The van der Waals surface area contributed by atoms with Crippen LogP contribution in [-0.2, 0) is 4.79 Å². The van der Waals surface area contributed by atoms with Gasteiger partial charge in [0.1, 0.15) is 17.4 Å². The lowest BCUT2D eigenvalue weighted by molar-refractivity contribution is -0.124. The number of hydrogen-bond donors (Lipinski definition) is 2. The molecule has 1 aromatic carbocycles. The monoisotopic (exact) mass is 290 g/mol. The van der Waals surface area contributed by atoms with E-state index in [2.05, 4.69) is 38.2 Å². The molecule has 2 unspecified atom stereocenters. The van der Waals surface area contributed by atoms with Gasteiger partial charge in [-0.1, -0.05) is 19.9 Å². The molecule has 1 saturated carbocycles. The molecule has 4 heteroatoms. The zero-order valence-corrected chi connectivity index (χ0v) is 13.4. The topological polar surface area (TPSA) is 64.3 Å². The fourth-order valence-corrected chi connectivity index (χ4v) is 3.24. The summed E-state index contributed by atoms with van der Waals surface area (Å²) >= 11 is 0. The molecule has 3 N–H and O–H groups in total. The Morgan fingerprint density at radius 3 is 2.67 bits per heavy atom. The second-order valence-corrected chi connectivity index (χ2v) is 6.35. The highest BCUT2D eigenvalue weighted by Gasteiger charge is 2.43. The van der Waals surface area contributed by atoms with Crippen molar-refractivity contribution in [1.82, 2.24) is 5.32 Å². The number of primary amides is 1. The van der Waals surface area contributed by atoms with Gasteiger partial charge in [-0.2, -0.15) is 0 Å². The second kappa shape index (κ2) is 6.06. The highest BCUT2D eigenvalue weighted by molar-refractivity contribution is 5.85. The van der Waals surface area contributed by atoms with E-state index in [0.29, 0.717) is 12.3 Å². The minimum atomic E-state index is -0.614. The van der Waals surface area contributed by atoms with Gasteiger partial charge in [-0.05, 0) is 56.0 Å². The number of aryl methyl sites for hydroxylation is 1. The van der Waals surface area contributed by atoms with E-state index in [1.807, 2.05) is 6.07 Å². The number of ether oxygens (including phenoxy) is 1. The van der Waals surface area contributed by atoms with Gasteiger partial charge in [-0.25, -0.2) is 0 Å². The third kappa shape index (κ3) is 3.21. The predicted octanol–water partition coefficient (Wildman–Crippen LogP) is 2.49. The summed E-state index contributed by atoms with van der Waals surface area (Å²) in [7, 11) is 1.79. The van der Waals surface area contributed by atoms with Crippen molar-refractivity contribution >= 4 is 5.91 Å². The van der Waals surface area contributed by atoms with Crippen molar-refractivity contribution in [2.45, 2.75) is 57.6 Å². The zero-order valence-electron chi connectivity index (χ0n) is 13.4. The van der Waals surface area contributed by atoms with Crippen LogP contribution in [0.2, 0.25) is 0 Å². The molecule has 0 heterocycles. The third-order valence-electron chi connectivity index (χ3n) is 4.59. The fourth-order valence-electron chi connectivity index (χ4n) is 3.24. The van der Waals surface area contributed by atoms with Crippen LogP contribution in [0.15, 0.2) is 18.2 Å². The van der Waals surface area contributed by atoms with Crippen LogP contribution in [0.4, 0.5) is 0 Å². The van der Waals surface area contributed by atoms with Gasteiger partial charge in [0.05, 0.1) is 0 Å². The van der Waals surface area contributed by atoms with E-state index in [1.54, 1.807) is 7.05 Å². The Labute approximate surface area is 127 Å². The van der Waals surface area contributed by atoms with Crippen LogP contribution in [0.3, 0.4) is 0 Å². The highest BCUT2D eigenvalue weighted by Crippen LogP contribution is 2.33. The highest BCUT2D eigenvalue weighted by atomic mass is 16.5. The Bertz CT molecular complexity index is 528. The molecule has 0 spiro atoms. The first-order valence-electron chi connectivity index (χ1n) is 7.64. The first-order chi connectivity index (χ1) is 9.88. The van der Waals surface area contributed by atoms with E-state index in [0.717, 1.165) is 18.6 Å². The van der Waals surface area contributed by atoms with Gasteiger partial charge in [-0.15, -0.1) is 0 Å². The third-order valence-corrected chi connectivity index (χ3v) is 4.59. The average Bonchev–Trinajstić information content (AvgIpc) is 2.83. The van der Waals surface area contributed by atoms with Gasteiger partial charge in [0.25, 0.3) is 0 Å². The SMILES string of the molecule is CNC1(C(N)=O)CCC(Oc2ccc(C(C)C)c(C)c2)C1. The van der Waals surface area contributed by atoms with Gasteiger partial charge in [0.15, 0.2) is 0 Å². The number of nitrogens with one attached hydrogen (secondary N) is 1. The van der Waals surface area contributed by atoms with Crippen molar-refractivity contribution in [2.24, 2.45) is 5.73 Å². The van der Waals surface area contributed by atoms with Crippen molar-refractivity contribution in [1.29, 1.82) is 0 Å². The number of nitrogens with two attached hydrogens (primary N) is 1. The molecule has 2 atom stereocenters. The number of hydrogen-bond acceptors (Lipinski definition) is 3. The van der Waals surface area contributed by atoms with Crippen LogP contribution in [0.1, 0.15) is 50.2 Å². The Balaban J connectivity index is 2.07. The van der Waals surface area contributed by atoms with Gasteiger partial charge in [-0.3, -0.25) is 4.79 Å². The lowest BCUT2D eigenvalue weighted by Crippen LogP contribution is -2.52. The van der Waals surface area contributed by atoms with Crippen LogP contribution in [-0.4, -0.2) is 24.6 Å². The van der Waals surface area contributed by atoms with Gasteiger partial charge < -0.3 is 15.8 Å². The number of amides is 1. The molecule has 0 aliphatic heterocycles. The molecule has 0 radical (unpaired) electrons. The molecule has 1 amide bonds. The minimum absolute atomic E-state index is 0.0363. The van der Waals surface area contributed by atoms with Crippen molar-refractivity contribution in [3.05, 3.63) is 29.3 Å². The molecule has 0 bridgehead atoms. The van der Waals surface area contributed by atoms with Crippen molar-refractivity contribution in [2.75, 3.05) is 7.05 Å². The molecule has 1 aromatic rings. The summed E-state index contributed by atoms with van der Waals surface area (Å²) in [5.74, 6) is 1.10. The molecule has 21 heavy (non-hydrogen) atoms. The number of carbonyl (C=O) groups excluding carboxylic acids is 1. The molecule has 1 aliphatic carbocycles. The quantitative estimate of drug-likeness (QED) is 0.875. The van der Waals surface area contributed by atoms with E-state index < -0.39 is 5.54 Å². The van der Waals surface area contributed by atoms with Crippen LogP contribution in [0, 0.1) is 6.92 Å². The average molecular weight is 290 g/mol. The first kappa shape index (κ1) is 15.8. The molecular formula is C17H26N2O2. The van der Waals surface area contributed by atoms with E-state index in [4.69, 9.17) is 10.5 Å². The summed E-state index contributed by atoms with van der Waals surface area (Å²) in [6.07, 6.45) is 2.24. The normalized spacial score (nSPS) is 25.3. The number of likely N-dealkylation sites (N-methyl/N-ethyl adjacent to an activating group) is 1. The first-order valence-corrected chi connectivity index (χ1v) is 7.64. The van der Waals surface area contributed by atoms with Crippen LogP contribution >= 0.6 is 0 Å². The molecule has 0 saturated heterocycles. The standard InChI is InChI=1S/C17H26N2O2/c1-11(2)15-6-5-13(9-12(15)3)21-14-7-8-17(10-14,19-4)16(18)20/h5-6,9,11,14,19H,7-8,10H2,1-4H3,(H2,18,20). The van der Waals surface area contributed by atoms with Gasteiger partial charge in [0, 0.05) is 6.42 Å². The molecule has 2 rings (SSSR count). The predicted molar refractivity (Wildman–Crippen MR) is 84.5 cm³/mol. The van der Waals surface area contributed by atoms with Gasteiger partial charge >= 0.3 is 0 Å². The fraction of sp³-hybridized carbons (Fsp3) is 0.588. The van der Waals surface area contributed by atoms with Crippen molar-refractivity contribution < 1.29 is 9.53 Å². The summed E-state index contributed by atoms with van der Waals surface area (Å²) in [6, 6.07) is 6.23. The van der Waals surface area contributed by atoms with E-state index >= 15 is 0 Å². The maximum atomic E-state index is 11.6. The maximum Gasteiger partial charge on any atom is 0.237 e. The number of rotatable bonds is 5. The number of benzene rings is 1. The molecule has 0 aromatic heterocycles. The molecular weight excluding hydrogens is 264 g/mol. The maximum absolute atomic E-state index is 11.6. The number of carbonyl (C=O) groups is 1. The van der Waals surface area contributed by atoms with Crippen LogP contribution < -0.4 is 15.8 Å². The largest absolute Gasteiger partial charge is 0.490 e. The van der Waals surface area contributed by atoms with Crippen LogP contribution in [0.25, 0.3) is 0 Å². The zero-order chi connectivity index (χ0) is 15.6. The second-order valence-electron chi connectivity index (χ2n) is 6.35. The van der Waals surface area contributed by atoms with Crippen LogP contribution in [0.5, 0.6) is 5.75 Å². The Morgan fingerprint density at radius 2 is 2.19 bits per heavy atom. The summed E-state index contributed by atoms with van der Waals surface area (Å²) in [5.41, 5.74) is 7.49. The Kier molecular flexibility index (Phi) is 4.57. The van der Waals surface area contributed by atoms with E-state index in [-0.39, 0.29) is 12.0 Å². The van der Waals surface area contributed by atoms with E-state index in [9.17, 15) is 4.79 Å². The minimum Gasteiger partial charge on any atom is -0.490 e. The molecule has 1 aliphatic rings. The van der Waals surface area contributed by atoms with Crippen molar-refractivity contribution in [3.63, 3.8) is 0 Å². The molecule has 4 nitrogen and oxygen atoms in total. The van der Waals surface area contributed by atoms with Crippen molar-refractivity contribution in [3.8, 4) is 5.75 Å². The molecule has 1 fully saturated rings. The lowest BCUT2D eigenvalue weighted by Gasteiger charge is -2.25. The summed E-state index contributed by atoms with van der Waals surface area (Å²) in [4.78, 5) is 11.6. The summed E-state index contributed by atoms with van der Waals surface area (Å²) < 4.78 is 6.05. The molecule has 116 valence electrons. The summed E-state index contributed by atoms with van der Waals surface area (Å²) in [6.45, 7) is 6.49. The Hall–Kier alpha value is -1.55. The summed E-state index contributed by atoms with van der Waals surface area (Å²) in [5, 5.41) is 3.07.